The van der Waals surface area contributed by atoms with Crippen LogP contribution < -0.4 is 5.32 Å². The molecule has 2 rings (SSSR count). The van der Waals surface area contributed by atoms with Crippen LogP contribution in [0.3, 0.4) is 0 Å². The maximum atomic E-state index is 12.6. The summed E-state index contributed by atoms with van der Waals surface area (Å²) in [6, 6.07) is 5.52. The first-order valence-corrected chi connectivity index (χ1v) is 6.33. The molecule has 1 aromatic carbocycles. The van der Waals surface area contributed by atoms with Crippen molar-refractivity contribution >= 4 is 34.8 Å². The monoisotopic (exact) mass is 334 g/mol. The zero-order valence-electron chi connectivity index (χ0n) is 10.2. The molecule has 0 spiro atoms. The van der Waals surface area contributed by atoms with Crippen molar-refractivity contribution in [2.24, 2.45) is 0 Å². The third-order valence-corrected chi connectivity index (χ3v) is 3.18. The predicted octanol–water partition coefficient (Wildman–Crippen LogP) is 4.66. The van der Waals surface area contributed by atoms with Crippen LogP contribution in [0.4, 0.5) is 18.9 Å². The lowest BCUT2D eigenvalue weighted by Crippen LogP contribution is -2.14. The minimum Gasteiger partial charge on any atom is -0.321 e. The minimum atomic E-state index is -4.53. The number of carbonyl (C=O) groups is 1. The fourth-order valence-corrected chi connectivity index (χ4v) is 1.91. The Morgan fingerprint density at radius 3 is 2.52 bits per heavy atom. The molecule has 0 atom stereocenters. The molecule has 0 saturated heterocycles. The molecule has 1 N–H and O–H groups in total. The number of benzene rings is 1. The lowest BCUT2D eigenvalue weighted by Gasteiger charge is -2.12. The summed E-state index contributed by atoms with van der Waals surface area (Å²) in [5, 5.41) is 2.21. The van der Waals surface area contributed by atoms with Crippen molar-refractivity contribution in [3.63, 3.8) is 0 Å². The summed E-state index contributed by atoms with van der Waals surface area (Å²) in [5.41, 5.74) is -1.04. The molecular weight excluding hydrogens is 328 g/mol. The Hall–Kier alpha value is -1.79. The van der Waals surface area contributed by atoms with Gasteiger partial charge in [0.2, 0.25) is 0 Å². The van der Waals surface area contributed by atoms with Gasteiger partial charge >= 0.3 is 6.18 Å². The first-order chi connectivity index (χ1) is 9.79. The molecule has 0 unspecified atom stereocenters. The highest BCUT2D eigenvalue weighted by Gasteiger charge is 2.31. The van der Waals surface area contributed by atoms with E-state index in [2.05, 4.69) is 10.3 Å². The van der Waals surface area contributed by atoms with E-state index in [4.69, 9.17) is 23.2 Å². The Labute approximate surface area is 127 Å². The van der Waals surface area contributed by atoms with E-state index < -0.39 is 17.6 Å². The number of halogens is 5. The number of pyridine rings is 1. The number of anilines is 1. The second-order valence-electron chi connectivity index (χ2n) is 3.99. The second kappa shape index (κ2) is 5.91. The molecule has 0 aliphatic rings. The van der Waals surface area contributed by atoms with Crippen LogP contribution in [0.15, 0.2) is 36.5 Å². The number of carbonyl (C=O) groups excluding carboxylic acids is 1. The van der Waals surface area contributed by atoms with Gasteiger partial charge in [-0.25, -0.2) is 4.98 Å². The summed E-state index contributed by atoms with van der Waals surface area (Å²) in [6.45, 7) is 0. The van der Waals surface area contributed by atoms with Crippen molar-refractivity contribution in [2.75, 3.05) is 5.32 Å². The van der Waals surface area contributed by atoms with Gasteiger partial charge in [0.15, 0.2) is 0 Å². The smallest absolute Gasteiger partial charge is 0.321 e. The molecule has 0 fully saturated rings. The zero-order valence-corrected chi connectivity index (χ0v) is 11.7. The largest absolute Gasteiger partial charge is 0.416 e. The molecule has 1 aromatic heterocycles. The Kier molecular flexibility index (Phi) is 4.39. The highest BCUT2D eigenvalue weighted by Crippen LogP contribution is 2.34. The van der Waals surface area contributed by atoms with Gasteiger partial charge in [-0.05, 0) is 30.3 Å². The van der Waals surface area contributed by atoms with Crippen molar-refractivity contribution in [2.45, 2.75) is 6.18 Å². The number of hydrogen-bond acceptors (Lipinski definition) is 2. The summed E-state index contributed by atoms with van der Waals surface area (Å²) in [6.07, 6.45) is -3.15. The summed E-state index contributed by atoms with van der Waals surface area (Å²) >= 11 is 11.5. The van der Waals surface area contributed by atoms with Crippen LogP contribution in [0.1, 0.15) is 15.9 Å². The molecule has 0 radical (unpaired) electrons. The lowest BCUT2D eigenvalue weighted by molar-refractivity contribution is -0.137. The van der Waals surface area contributed by atoms with Crippen molar-refractivity contribution in [1.29, 1.82) is 0 Å². The van der Waals surface area contributed by atoms with Crippen LogP contribution in [-0.4, -0.2) is 10.9 Å². The molecule has 21 heavy (non-hydrogen) atoms. The van der Waals surface area contributed by atoms with E-state index >= 15 is 0 Å². The highest BCUT2D eigenvalue weighted by atomic mass is 35.5. The van der Waals surface area contributed by atoms with Crippen molar-refractivity contribution < 1.29 is 18.0 Å². The molecular formula is C13H7Cl2F3N2O. The highest BCUT2D eigenvalue weighted by molar-refractivity contribution is 6.35. The molecule has 8 heteroatoms. The number of alkyl halides is 3. The zero-order chi connectivity index (χ0) is 15.6. The average Bonchev–Trinajstić information content (AvgIpc) is 2.40. The van der Waals surface area contributed by atoms with Crippen LogP contribution in [0.25, 0.3) is 0 Å². The molecule has 110 valence electrons. The SMILES string of the molecule is O=C(Nc1cc(C(F)(F)F)ccc1Cl)c1cccnc1Cl. The Morgan fingerprint density at radius 1 is 1.19 bits per heavy atom. The first-order valence-electron chi connectivity index (χ1n) is 5.57. The van der Waals surface area contributed by atoms with Crippen molar-refractivity contribution in [3.05, 3.63) is 57.8 Å². The normalized spacial score (nSPS) is 11.3. The third kappa shape index (κ3) is 3.65. The van der Waals surface area contributed by atoms with E-state index in [1.54, 1.807) is 0 Å². The fourth-order valence-electron chi connectivity index (χ4n) is 1.54. The lowest BCUT2D eigenvalue weighted by atomic mass is 10.2. The van der Waals surface area contributed by atoms with Crippen molar-refractivity contribution in [3.8, 4) is 0 Å². The van der Waals surface area contributed by atoms with Gasteiger partial charge in [-0.3, -0.25) is 4.79 Å². The molecule has 0 aliphatic carbocycles. The Balaban J connectivity index is 2.31. The maximum absolute atomic E-state index is 12.6. The Morgan fingerprint density at radius 2 is 1.90 bits per heavy atom. The number of hydrogen-bond donors (Lipinski definition) is 1. The summed E-state index contributed by atoms with van der Waals surface area (Å²) in [4.78, 5) is 15.7. The summed E-state index contributed by atoms with van der Waals surface area (Å²) in [7, 11) is 0. The van der Waals surface area contributed by atoms with E-state index in [-0.39, 0.29) is 21.4 Å². The fraction of sp³-hybridized carbons (Fsp3) is 0.0769. The number of amides is 1. The molecule has 2 aromatic rings. The van der Waals surface area contributed by atoms with E-state index in [0.717, 1.165) is 18.2 Å². The van der Waals surface area contributed by atoms with Gasteiger partial charge in [-0.2, -0.15) is 13.2 Å². The number of aromatic nitrogens is 1. The van der Waals surface area contributed by atoms with Crippen LogP contribution in [0.5, 0.6) is 0 Å². The van der Waals surface area contributed by atoms with Crippen LogP contribution >= 0.6 is 23.2 Å². The van der Waals surface area contributed by atoms with Gasteiger partial charge in [0, 0.05) is 6.20 Å². The van der Waals surface area contributed by atoms with Crippen LogP contribution in [0.2, 0.25) is 10.2 Å². The quantitative estimate of drug-likeness (QED) is 0.811. The average molecular weight is 335 g/mol. The van der Waals surface area contributed by atoms with E-state index in [1.165, 1.54) is 18.3 Å². The number of rotatable bonds is 2. The van der Waals surface area contributed by atoms with Gasteiger partial charge in [0.05, 0.1) is 21.8 Å². The van der Waals surface area contributed by atoms with E-state index in [9.17, 15) is 18.0 Å². The molecule has 1 heterocycles. The molecule has 0 bridgehead atoms. The molecule has 1 amide bonds. The predicted molar refractivity (Wildman–Crippen MR) is 73.7 cm³/mol. The molecule has 0 aliphatic heterocycles. The van der Waals surface area contributed by atoms with Gasteiger partial charge in [0.25, 0.3) is 5.91 Å². The van der Waals surface area contributed by atoms with Gasteiger partial charge in [-0.15, -0.1) is 0 Å². The topological polar surface area (TPSA) is 42.0 Å². The first kappa shape index (κ1) is 15.6. The maximum Gasteiger partial charge on any atom is 0.416 e. The van der Waals surface area contributed by atoms with E-state index in [0.29, 0.717) is 0 Å². The molecule has 3 nitrogen and oxygen atoms in total. The van der Waals surface area contributed by atoms with E-state index in [1.807, 2.05) is 0 Å². The standard InChI is InChI=1S/C13H7Cl2F3N2O/c14-9-4-3-7(13(16,17)18)6-10(9)20-12(21)8-2-1-5-19-11(8)15/h1-6H,(H,20,21). The third-order valence-electron chi connectivity index (χ3n) is 2.55. The van der Waals surface area contributed by atoms with Gasteiger partial charge < -0.3 is 5.32 Å². The summed E-state index contributed by atoms with van der Waals surface area (Å²) < 4.78 is 37.9. The summed E-state index contributed by atoms with van der Waals surface area (Å²) in [5.74, 6) is -0.700. The van der Waals surface area contributed by atoms with Crippen LogP contribution in [-0.2, 0) is 6.18 Å². The number of nitrogens with zero attached hydrogens (tertiary/aromatic N) is 1. The van der Waals surface area contributed by atoms with Crippen LogP contribution in [0, 0.1) is 0 Å². The number of nitrogens with one attached hydrogen (secondary N) is 1. The van der Waals surface area contributed by atoms with Crippen molar-refractivity contribution in [1.82, 2.24) is 4.98 Å². The van der Waals surface area contributed by atoms with Gasteiger partial charge in [0.1, 0.15) is 5.15 Å². The Bertz CT molecular complexity index is 689. The second-order valence-corrected chi connectivity index (χ2v) is 4.75. The van der Waals surface area contributed by atoms with Gasteiger partial charge in [-0.1, -0.05) is 23.2 Å². The molecule has 0 saturated carbocycles. The minimum absolute atomic E-state index is 0.0173.